The summed E-state index contributed by atoms with van der Waals surface area (Å²) < 4.78 is 40.0. The van der Waals surface area contributed by atoms with Gasteiger partial charge in [-0.05, 0) is 62.7 Å². The average Bonchev–Trinajstić information content (AvgIpc) is 3.57. The van der Waals surface area contributed by atoms with Gasteiger partial charge in [0.25, 0.3) is 5.91 Å². The van der Waals surface area contributed by atoms with Gasteiger partial charge in [-0.1, -0.05) is 11.2 Å². The van der Waals surface area contributed by atoms with Crippen molar-refractivity contribution < 1.29 is 36.9 Å². The van der Waals surface area contributed by atoms with E-state index in [1.54, 1.807) is 35.3 Å². The Hall–Kier alpha value is -4.47. The molecule has 0 fully saturated rings. The highest BCUT2D eigenvalue weighted by molar-refractivity contribution is 7.92. The zero-order chi connectivity index (χ0) is 30.7. The Bertz CT molecular complexity index is 1670. The first-order valence-corrected chi connectivity index (χ1v) is 14.1. The largest absolute Gasteiger partial charge is 0.445 e. The number of hydrogen-bond acceptors (Lipinski definition) is 10. The molecule has 2 amide bonds. The predicted octanol–water partition coefficient (Wildman–Crippen LogP) is 3.49. The summed E-state index contributed by atoms with van der Waals surface area (Å²) in [5.74, 6) is -0.405. The van der Waals surface area contributed by atoms with Crippen LogP contribution in [-0.2, 0) is 37.6 Å². The number of hydroxylamine groups is 2. The Balaban J connectivity index is 1.48. The molecule has 0 saturated heterocycles. The Morgan fingerprint density at radius 2 is 1.76 bits per heavy atom. The second-order valence-electron chi connectivity index (χ2n) is 10.3. The molecule has 0 aliphatic carbocycles. The molecule has 4 rings (SSSR count). The number of nitrogens with zero attached hydrogens (tertiary/aromatic N) is 5. The number of alkyl carbamates (subject to hydrolysis) is 1. The Morgan fingerprint density at radius 3 is 2.40 bits per heavy atom. The van der Waals surface area contributed by atoms with Crippen LogP contribution in [0.25, 0.3) is 11.0 Å². The van der Waals surface area contributed by atoms with Crippen LogP contribution in [0.15, 0.2) is 64.4 Å². The maximum Gasteiger partial charge on any atom is 0.407 e. The van der Waals surface area contributed by atoms with Gasteiger partial charge in [-0.3, -0.25) is 19.2 Å². The second-order valence-corrected chi connectivity index (χ2v) is 11.9. The van der Waals surface area contributed by atoms with Gasteiger partial charge in [0.05, 0.1) is 38.0 Å². The van der Waals surface area contributed by atoms with Crippen LogP contribution in [0, 0.1) is 0 Å². The molecule has 15 heteroatoms. The first-order valence-electron chi connectivity index (χ1n) is 12.7. The molecule has 14 nitrogen and oxygen atoms in total. The number of aromatic nitrogens is 3. The fraction of sp³-hybridized carbons (Fsp3) is 0.333. The number of amides is 2. The van der Waals surface area contributed by atoms with Crippen molar-refractivity contribution in [1.29, 1.82) is 0 Å². The number of ether oxygens (including phenoxy) is 1. The Morgan fingerprint density at radius 1 is 1.05 bits per heavy atom. The molecule has 2 aromatic carbocycles. The summed E-state index contributed by atoms with van der Waals surface area (Å²) in [7, 11) is -0.289. The third-order valence-corrected chi connectivity index (χ3v) is 7.47. The lowest BCUT2D eigenvalue weighted by atomic mass is 10.1. The Kier molecular flexibility index (Phi) is 8.84. The zero-order valence-electron chi connectivity index (χ0n) is 24.0. The van der Waals surface area contributed by atoms with Crippen molar-refractivity contribution in [3.05, 3.63) is 71.5 Å². The molecule has 2 heterocycles. The third kappa shape index (κ3) is 6.87. The van der Waals surface area contributed by atoms with Crippen molar-refractivity contribution in [2.45, 2.75) is 44.5 Å². The fourth-order valence-corrected chi connectivity index (χ4v) is 5.23. The van der Waals surface area contributed by atoms with Gasteiger partial charge in [0.2, 0.25) is 5.03 Å². The highest BCUT2D eigenvalue weighted by Gasteiger charge is 2.31. The van der Waals surface area contributed by atoms with Crippen LogP contribution < -0.4 is 9.79 Å². The van der Waals surface area contributed by atoms with Crippen molar-refractivity contribution in [2.24, 2.45) is 0 Å². The van der Waals surface area contributed by atoms with Gasteiger partial charge in [0, 0.05) is 29.9 Å². The number of fused-ring (bicyclic) bond motifs is 1. The number of carbonyl (C=O) groups excluding carboxylic acids is 2. The molecule has 42 heavy (non-hydrogen) atoms. The molecule has 0 saturated carbocycles. The highest BCUT2D eigenvalue weighted by atomic mass is 32.2. The third-order valence-electron chi connectivity index (χ3n) is 5.90. The van der Waals surface area contributed by atoms with Crippen LogP contribution in [-0.4, -0.2) is 67.2 Å². The van der Waals surface area contributed by atoms with E-state index in [-0.39, 0.29) is 28.3 Å². The molecule has 0 radical (unpaired) electrons. The molecule has 4 aromatic rings. The van der Waals surface area contributed by atoms with E-state index in [9.17, 15) is 18.0 Å². The lowest BCUT2D eigenvalue weighted by Gasteiger charge is -2.20. The van der Waals surface area contributed by atoms with Gasteiger partial charge in [-0.2, -0.15) is 13.5 Å². The van der Waals surface area contributed by atoms with Crippen LogP contribution in [0.5, 0.6) is 0 Å². The van der Waals surface area contributed by atoms with E-state index in [0.29, 0.717) is 22.1 Å². The first-order chi connectivity index (χ1) is 19.8. The average molecular weight is 601 g/mol. The molecule has 0 unspecified atom stereocenters. The minimum absolute atomic E-state index is 0.0590. The van der Waals surface area contributed by atoms with Crippen LogP contribution in [0.3, 0.4) is 0 Å². The number of sulfonamides is 1. The second kappa shape index (κ2) is 12.2. The maximum atomic E-state index is 13.5. The number of hydrogen-bond donors (Lipinski definition) is 1. The molecule has 0 aliphatic heterocycles. The summed E-state index contributed by atoms with van der Waals surface area (Å²) in [5.41, 5.74) is 1.76. The summed E-state index contributed by atoms with van der Waals surface area (Å²) in [4.78, 5) is 34.3. The normalized spacial score (nSPS) is 11.9. The van der Waals surface area contributed by atoms with Crippen LogP contribution in [0.2, 0.25) is 0 Å². The first kappa shape index (κ1) is 30.5. The van der Waals surface area contributed by atoms with Gasteiger partial charge in [0.15, 0.2) is 5.58 Å². The molecular formula is C27H32N6O8S. The summed E-state index contributed by atoms with van der Waals surface area (Å²) in [6.45, 7) is 5.98. The molecule has 0 bridgehead atoms. The summed E-state index contributed by atoms with van der Waals surface area (Å²) in [6.07, 6.45) is 2.82. The SMILES string of the molecule is CON(C)C(=O)c1ccc(N(OC)S(=O)(=O)c2noc3cc(Cn4cc(COC(=O)NC(C)(C)C)cn4)ccc23)cc1. The quantitative estimate of drug-likeness (QED) is 0.267. The van der Waals surface area contributed by atoms with Crippen molar-refractivity contribution >= 4 is 38.7 Å². The number of benzene rings is 2. The van der Waals surface area contributed by atoms with Gasteiger partial charge in [-0.25, -0.2) is 9.86 Å². The molecule has 224 valence electrons. The van der Waals surface area contributed by atoms with E-state index in [0.717, 1.165) is 10.6 Å². The van der Waals surface area contributed by atoms with Crippen molar-refractivity contribution in [3.63, 3.8) is 0 Å². The predicted molar refractivity (Wildman–Crippen MR) is 151 cm³/mol. The summed E-state index contributed by atoms with van der Waals surface area (Å²) in [5, 5.41) is 11.8. The van der Waals surface area contributed by atoms with Crippen molar-refractivity contribution in [2.75, 3.05) is 25.7 Å². The van der Waals surface area contributed by atoms with Gasteiger partial charge in [-0.15, -0.1) is 4.47 Å². The molecule has 1 N–H and O–H groups in total. The highest BCUT2D eigenvalue weighted by Crippen LogP contribution is 2.30. The van der Waals surface area contributed by atoms with Crippen molar-refractivity contribution in [3.8, 4) is 0 Å². The topological polar surface area (TPSA) is 158 Å². The molecule has 0 aliphatic rings. The number of carbonyl (C=O) groups is 2. The standard InChI is InChI=1S/C27H32N6O8S/c1-27(2,3)29-26(35)40-17-19-14-28-32(16-19)15-18-7-12-22-23(13-18)41-30-24(22)42(36,37)33(39-6)21-10-8-20(9-11-21)25(34)31(4)38-5/h7-14,16H,15,17H2,1-6H3,(H,29,35). The minimum Gasteiger partial charge on any atom is -0.445 e. The van der Waals surface area contributed by atoms with Crippen LogP contribution in [0.1, 0.15) is 42.3 Å². The van der Waals surface area contributed by atoms with Gasteiger partial charge >= 0.3 is 16.1 Å². The van der Waals surface area contributed by atoms with E-state index in [2.05, 4.69) is 15.6 Å². The zero-order valence-corrected chi connectivity index (χ0v) is 24.8. The number of anilines is 1. The Labute approximate surface area is 242 Å². The monoisotopic (exact) mass is 600 g/mol. The van der Waals surface area contributed by atoms with E-state index in [1.807, 2.05) is 20.8 Å². The van der Waals surface area contributed by atoms with Crippen molar-refractivity contribution in [1.82, 2.24) is 25.3 Å². The molecule has 2 aromatic heterocycles. The lowest BCUT2D eigenvalue weighted by Crippen LogP contribution is -2.40. The lowest BCUT2D eigenvalue weighted by molar-refractivity contribution is -0.0756. The van der Waals surface area contributed by atoms with E-state index in [1.165, 1.54) is 45.5 Å². The molecule has 0 spiro atoms. The molecular weight excluding hydrogens is 568 g/mol. The minimum atomic E-state index is -4.31. The smallest absolute Gasteiger partial charge is 0.407 e. The summed E-state index contributed by atoms with van der Waals surface area (Å²) in [6, 6.07) is 10.8. The summed E-state index contributed by atoms with van der Waals surface area (Å²) >= 11 is 0. The fourth-order valence-electron chi connectivity index (χ4n) is 3.90. The molecule has 0 atom stereocenters. The van der Waals surface area contributed by atoms with Gasteiger partial charge in [0.1, 0.15) is 6.61 Å². The van der Waals surface area contributed by atoms with E-state index in [4.69, 9.17) is 18.9 Å². The number of nitrogens with one attached hydrogen (secondary N) is 1. The number of rotatable bonds is 10. The van der Waals surface area contributed by atoms with E-state index >= 15 is 0 Å². The van der Waals surface area contributed by atoms with Crippen LogP contribution >= 0.6 is 0 Å². The maximum absolute atomic E-state index is 13.5. The van der Waals surface area contributed by atoms with Gasteiger partial charge < -0.3 is 14.6 Å². The van der Waals surface area contributed by atoms with E-state index < -0.39 is 27.6 Å². The van der Waals surface area contributed by atoms with Crippen LogP contribution in [0.4, 0.5) is 10.5 Å².